The van der Waals surface area contributed by atoms with E-state index in [1.54, 1.807) is 6.08 Å². The molecule has 1 rings (SSSR count). The first kappa shape index (κ1) is 66.8. The van der Waals surface area contributed by atoms with Gasteiger partial charge in [-0.2, -0.15) is 0 Å². The highest BCUT2D eigenvalue weighted by molar-refractivity contribution is 5.76. The molecule has 410 valence electrons. The fourth-order valence-electron chi connectivity index (χ4n) is 7.75. The SMILES string of the molecule is C/C=C/CC/C=C/CC/C=C/C(O)C(COC1OC(CO)C(O)C(O)C1O)NC(=O)CCCCCCCCCCCC/C=C\C/C=C\C/C=C\C/C=C\C/C=C\C/C=C\C/C=C\C/C=C\C/C=C\C/C=C\CC. The quantitative estimate of drug-likeness (QED) is 0.0261. The molecular weight excluding hydrogens is 911 g/mol. The number of carbonyl (C=O) groups excluding carboxylic acids is 1. The van der Waals surface area contributed by atoms with Gasteiger partial charge in [0.05, 0.1) is 25.4 Å². The molecule has 0 bridgehead atoms. The number of unbranched alkanes of at least 4 members (excludes halogenated alkanes) is 12. The second-order valence-corrected chi connectivity index (χ2v) is 18.6. The van der Waals surface area contributed by atoms with Crippen LogP contribution in [0.3, 0.4) is 0 Å². The predicted octanol–water partition coefficient (Wildman–Crippen LogP) is 14.1. The standard InChI is InChI=1S/C64H101NO8/c1-3-5-7-9-11-13-14-15-16-17-18-19-20-21-22-23-24-25-26-27-28-29-30-31-32-33-34-35-36-37-38-39-40-41-42-43-44-46-48-50-52-54-60(68)65-57(58(67)53-51-49-47-45-12-10-8-6-4-2)56-72-64-63(71)62(70)61(69)59(55-66)73-64/h4-7,11-13,15-16,18-19,21-22,24-25,27-28,30-31,33-34,36-37,45,51,53,57-59,61-64,66-67,69-71H,3,8-10,14,17,20,23,26,29,32,35,38-44,46-50,52,54-56H2,1-2H3,(H,65,68)/b6-4+,7-5-,13-11-,16-15-,19-18-,22-21-,25-24-,28-27-,31-30-,34-33-,37-36-,45-12+,53-51+. The number of ether oxygens (including phenoxy) is 2. The molecule has 0 radical (unpaired) electrons. The highest BCUT2D eigenvalue weighted by Gasteiger charge is 2.44. The van der Waals surface area contributed by atoms with Gasteiger partial charge in [-0.15, -0.1) is 0 Å². The van der Waals surface area contributed by atoms with Gasteiger partial charge >= 0.3 is 0 Å². The van der Waals surface area contributed by atoms with Crippen molar-refractivity contribution >= 4 is 5.91 Å². The van der Waals surface area contributed by atoms with Crippen LogP contribution >= 0.6 is 0 Å². The third-order valence-corrected chi connectivity index (χ3v) is 12.2. The van der Waals surface area contributed by atoms with Crippen molar-refractivity contribution in [2.45, 2.75) is 224 Å². The summed E-state index contributed by atoms with van der Waals surface area (Å²) < 4.78 is 11.2. The molecule has 1 aliphatic heterocycles. The topological polar surface area (TPSA) is 149 Å². The summed E-state index contributed by atoms with van der Waals surface area (Å²) in [6.07, 6.45) is 74.9. The van der Waals surface area contributed by atoms with Gasteiger partial charge in [-0.3, -0.25) is 4.79 Å². The van der Waals surface area contributed by atoms with E-state index >= 15 is 0 Å². The maximum atomic E-state index is 13.0. The van der Waals surface area contributed by atoms with Crippen molar-refractivity contribution < 1.29 is 39.8 Å². The van der Waals surface area contributed by atoms with Crippen molar-refractivity contribution in [2.24, 2.45) is 0 Å². The van der Waals surface area contributed by atoms with E-state index in [0.29, 0.717) is 12.8 Å². The maximum Gasteiger partial charge on any atom is 0.220 e. The molecule has 1 heterocycles. The van der Waals surface area contributed by atoms with Crippen LogP contribution in [0.25, 0.3) is 0 Å². The summed E-state index contributed by atoms with van der Waals surface area (Å²) in [5.74, 6) is -0.207. The monoisotopic (exact) mass is 1010 g/mol. The molecule has 1 aliphatic rings. The number of carbonyl (C=O) groups is 1. The van der Waals surface area contributed by atoms with Gasteiger partial charge in [-0.1, -0.05) is 216 Å². The lowest BCUT2D eigenvalue weighted by atomic mass is 9.99. The maximum absolute atomic E-state index is 13.0. The Kier molecular flexibility index (Phi) is 47.0. The van der Waals surface area contributed by atoms with Crippen molar-refractivity contribution in [2.75, 3.05) is 13.2 Å². The van der Waals surface area contributed by atoms with Gasteiger partial charge in [0, 0.05) is 6.42 Å². The van der Waals surface area contributed by atoms with E-state index in [-0.39, 0.29) is 12.5 Å². The summed E-state index contributed by atoms with van der Waals surface area (Å²) in [7, 11) is 0. The number of hydrogen-bond acceptors (Lipinski definition) is 8. The smallest absolute Gasteiger partial charge is 0.220 e. The summed E-state index contributed by atoms with van der Waals surface area (Å²) in [5, 5.41) is 54.1. The molecule has 9 nitrogen and oxygen atoms in total. The van der Waals surface area contributed by atoms with E-state index in [0.717, 1.165) is 116 Å². The number of amides is 1. The molecule has 0 aromatic carbocycles. The molecule has 1 saturated heterocycles. The summed E-state index contributed by atoms with van der Waals surface area (Å²) in [6, 6.07) is -0.839. The van der Waals surface area contributed by atoms with E-state index < -0.39 is 49.5 Å². The largest absolute Gasteiger partial charge is 0.394 e. The van der Waals surface area contributed by atoms with E-state index in [4.69, 9.17) is 9.47 Å². The Morgan fingerprint density at radius 3 is 1.32 bits per heavy atom. The van der Waals surface area contributed by atoms with Gasteiger partial charge in [0.15, 0.2) is 6.29 Å². The van der Waals surface area contributed by atoms with Gasteiger partial charge in [0.25, 0.3) is 0 Å². The first-order valence-corrected chi connectivity index (χ1v) is 28.2. The van der Waals surface area contributed by atoms with Gasteiger partial charge in [-0.05, 0) is 116 Å². The number of rotatable bonds is 45. The molecule has 73 heavy (non-hydrogen) atoms. The lowest BCUT2D eigenvalue weighted by molar-refractivity contribution is -0.302. The molecule has 9 heteroatoms. The van der Waals surface area contributed by atoms with Crippen LogP contribution in [0.15, 0.2) is 158 Å². The van der Waals surface area contributed by atoms with E-state index in [9.17, 15) is 30.3 Å². The van der Waals surface area contributed by atoms with Crippen LogP contribution in [0.5, 0.6) is 0 Å². The minimum atomic E-state index is -1.58. The van der Waals surface area contributed by atoms with Crippen molar-refractivity contribution in [3.8, 4) is 0 Å². The molecule has 1 fully saturated rings. The third-order valence-electron chi connectivity index (χ3n) is 12.2. The Hall–Kier alpha value is -4.19. The Morgan fingerprint density at radius 1 is 0.493 bits per heavy atom. The number of aliphatic hydroxyl groups excluding tert-OH is 5. The zero-order valence-corrected chi connectivity index (χ0v) is 45.3. The van der Waals surface area contributed by atoms with Gasteiger partial charge in [0.2, 0.25) is 5.91 Å². The normalized spacial score (nSPS) is 20.3. The summed E-state index contributed by atoms with van der Waals surface area (Å²) in [5.41, 5.74) is 0. The Bertz CT molecular complexity index is 1690. The van der Waals surface area contributed by atoms with E-state index in [2.05, 4.69) is 152 Å². The molecule has 0 saturated carbocycles. The van der Waals surface area contributed by atoms with Crippen LogP contribution < -0.4 is 5.32 Å². The van der Waals surface area contributed by atoms with Gasteiger partial charge < -0.3 is 40.3 Å². The molecule has 0 aromatic heterocycles. The van der Waals surface area contributed by atoms with Crippen molar-refractivity contribution in [1.82, 2.24) is 5.32 Å². The molecule has 1 amide bonds. The third kappa shape index (κ3) is 40.8. The first-order chi connectivity index (χ1) is 35.8. The molecular formula is C64H101NO8. The Balaban J connectivity index is 2.11. The molecule has 6 N–H and O–H groups in total. The Morgan fingerprint density at radius 2 is 0.877 bits per heavy atom. The number of hydrogen-bond donors (Lipinski definition) is 6. The van der Waals surface area contributed by atoms with Crippen molar-refractivity contribution in [3.05, 3.63) is 158 Å². The van der Waals surface area contributed by atoms with Crippen molar-refractivity contribution in [1.29, 1.82) is 0 Å². The average molecular weight is 1010 g/mol. The average Bonchev–Trinajstić information content (AvgIpc) is 3.39. The number of nitrogens with one attached hydrogen (secondary N) is 1. The predicted molar refractivity (Wildman–Crippen MR) is 308 cm³/mol. The second-order valence-electron chi connectivity index (χ2n) is 18.6. The number of allylic oxidation sites excluding steroid dienone is 25. The Labute approximate surface area is 444 Å². The molecule has 7 unspecified atom stereocenters. The van der Waals surface area contributed by atoms with E-state index in [1.807, 2.05) is 19.1 Å². The highest BCUT2D eigenvalue weighted by Crippen LogP contribution is 2.22. The summed E-state index contributed by atoms with van der Waals surface area (Å²) in [4.78, 5) is 13.0. The first-order valence-electron chi connectivity index (χ1n) is 28.2. The van der Waals surface area contributed by atoms with Crippen LogP contribution in [0.2, 0.25) is 0 Å². The van der Waals surface area contributed by atoms with Crippen molar-refractivity contribution in [3.63, 3.8) is 0 Å². The lowest BCUT2D eigenvalue weighted by Crippen LogP contribution is -2.60. The minimum absolute atomic E-state index is 0.207. The lowest BCUT2D eigenvalue weighted by Gasteiger charge is -2.40. The van der Waals surface area contributed by atoms with Gasteiger partial charge in [0.1, 0.15) is 24.4 Å². The second kappa shape index (κ2) is 51.3. The highest BCUT2D eigenvalue weighted by atomic mass is 16.7. The van der Waals surface area contributed by atoms with Crippen LogP contribution in [0, 0.1) is 0 Å². The molecule has 7 atom stereocenters. The van der Waals surface area contributed by atoms with Crippen LogP contribution in [-0.2, 0) is 14.3 Å². The van der Waals surface area contributed by atoms with Crippen LogP contribution in [0.1, 0.15) is 181 Å². The molecule has 0 aromatic rings. The summed E-state index contributed by atoms with van der Waals surface area (Å²) in [6.45, 7) is 3.37. The molecule has 0 spiro atoms. The number of aliphatic hydroxyl groups is 5. The molecule has 0 aliphatic carbocycles. The zero-order valence-electron chi connectivity index (χ0n) is 45.3. The van der Waals surface area contributed by atoms with Crippen LogP contribution in [-0.4, -0.2) is 87.5 Å². The minimum Gasteiger partial charge on any atom is -0.394 e. The summed E-state index contributed by atoms with van der Waals surface area (Å²) >= 11 is 0. The van der Waals surface area contributed by atoms with Crippen LogP contribution in [0.4, 0.5) is 0 Å². The fraction of sp³-hybridized carbons (Fsp3) is 0.578. The zero-order chi connectivity index (χ0) is 52.9. The fourth-order valence-corrected chi connectivity index (χ4v) is 7.75. The van der Waals surface area contributed by atoms with E-state index in [1.165, 1.54) is 38.5 Å². The van der Waals surface area contributed by atoms with Gasteiger partial charge in [-0.25, -0.2) is 0 Å².